The highest BCUT2D eigenvalue weighted by Gasteiger charge is 2.69. The van der Waals surface area contributed by atoms with Gasteiger partial charge in [0.25, 0.3) is 0 Å². The monoisotopic (exact) mass is 271 g/mol. The van der Waals surface area contributed by atoms with E-state index in [4.69, 9.17) is 0 Å². The number of benzene rings is 1. The summed E-state index contributed by atoms with van der Waals surface area (Å²) in [6, 6.07) is 11.0. The third kappa shape index (κ3) is 1.27. The van der Waals surface area contributed by atoms with Gasteiger partial charge in [-0.15, -0.1) is 0 Å². The highest BCUT2D eigenvalue weighted by atomic mass is 16.3. The number of aliphatic hydroxyl groups is 2. The average molecular weight is 271 g/mol. The summed E-state index contributed by atoms with van der Waals surface area (Å²) in [6.07, 6.45) is 1.90. The Morgan fingerprint density at radius 1 is 0.950 bits per heavy atom. The molecule has 0 spiro atoms. The minimum atomic E-state index is -0.164. The topological polar surface area (TPSA) is 43.7 Å². The molecule has 8 atom stereocenters. The van der Waals surface area contributed by atoms with E-state index in [-0.39, 0.29) is 24.3 Å². The zero-order valence-electron chi connectivity index (χ0n) is 11.5. The fourth-order valence-electron chi connectivity index (χ4n) is 6.04. The lowest BCUT2D eigenvalue weighted by Crippen LogP contribution is -2.60. The molecule has 3 heteroatoms. The van der Waals surface area contributed by atoms with Crippen LogP contribution in [0.3, 0.4) is 0 Å². The third-order valence-electron chi connectivity index (χ3n) is 6.63. The second kappa shape index (κ2) is 3.85. The SMILES string of the molecule is O[C@@H]1[C@H]2[C@@H]3C[C@H]1N(Cc1ccccc1)[C@H]1[C@@H](O)[C@H]3C[C@H]21. The maximum Gasteiger partial charge on any atom is 0.0729 e. The van der Waals surface area contributed by atoms with E-state index in [1.165, 1.54) is 5.56 Å². The van der Waals surface area contributed by atoms with E-state index in [2.05, 4.69) is 29.2 Å². The Kier molecular flexibility index (Phi) is 2.25. The maximum absolute atomic E-state index is 10.6. The molecule has 20 heavy (non-hydrogen) atoms. The lowest BCUT2D eigenvalue weighted by Gasteiger charge is -2.48. The van der Waals surface area contributed by atoms with E-state index in [0.29, 0.717) is 23.7 Å². The third-order valence-corrected chi connectivity index (χ3v) is 6.63. The van der Waals surface area contributed by atoms with Crippen molar-refractivity contribution in [3.05, 3.63) is 35.9 Å². The lowest BCUT2D eigenvalue weighted by molar-refractivity contribution is -0.102. The Morgan fingerprint density at radius 2 is 1.75 bits per heavy atom. The average Bonchev–Trinajstić information content (AvgIpc) is 3.03. The molecule has 0 aromatic heterocycles. The van der Waals surface area contributed by atoms with Crippen LogP contribution in [0.2, 0.25) is 0 Å². The van der Waals surface area contributed by atoms with Gasteiger partial charge in [0.05, 0.1) is 12.2 Å². The van der Waals surface area contributed by atoms with Gasteiger partial charge in [-0.2, -0.15) is 0 Å². The van der Waals surface area contributed by atoms with Crippen LogP contribution in [0.4, 0.5) is 0 Å². The van der Waals surface area contributed by atoms with Gasteiger partial charge in [0.15, 0.2) is 0 Å². The normalized spacial score (nSPS) is 52.1. The molecule has 3 aliphatic carbocycles. The summed E-state index contributed by atoms with van der Waals surface area (Å²) in [5.41, 5.74) is 1.29. The number of hydrogen-bond acceptors (Lipinski definition) is 3. The van der Waals surface area contributed by atoms with Crippen molar-refractivity contribution in [2.45, 2.75) is 43.7 Å². The van der Waals surface area contributed by atoms with Crippen molar-refractivity contribution >= 4 is 0 Å². The minimum absolute atomic E-state index is 0.164. The van der Waals surface area contributed by atoms with E-state index in [0.717, 1.165) is 19.4 Å². The van der Waals surface area contributed by atoms with Gasteiger partial charge < -0.3 is 10.2 Å². The standard InChI is InChI=1S/C17H21NO2/c19-16-11-6-12-14-10(11)7-13(17(14)20)18(15(12)16)8-9-4-2-1-3-5-9/h1-5,10-17,19-20H,6-8H2/t10-,11+,12-,13-,14+,15-,16+,17+/m1/s1. The number of hydrogen-bond donors (Lipinski definition) is 2. The largest absolute Gasteiger partial charge is 0.391 e. The summed E-state index contributed by atoms with van der Waals surface area (Å²) in [7, 11) is 0. The Hall–Kier alpha value is -0.900. The van der Waals surface area contributed by atoms with Crippen LogP contribution >= 0.6 is 0 Å². The molecule has 1 aromatic carbocycles. The van der Waals surface area contributed by atoms with Gasteiger partial charge in [-0.25, -0.2) is 0 Å². The maximum atomic E-state index is 10.6. The summed E-state index contributed by atoms with van der Waals surface area (Å²) in [4.78, 5) is 2.43. The van der Waals surface area contributed by atoms with Crippen LogP contribution in [-0.4, -0.2) is 39.4 Å². The Bertz CT molecular complexity index is 533. The predicted octanol–water partition coefficient (Wildman–Crippen LogP) is 1.25. The van der Waals surface area contributed by atoms with Crippen LogP contribution in [0.15, 0.2) is 30.3 Å². The Morgan fingerprint density at radius 3 is 2.55 bits per heavy atom. The highest BCUT2D eigenvalue weighted by Crippen LogP contribution is 2.64. The van der Waals surface area contributed by atoms with Gasteiger partial charge in [-0.05, 0) is 42.1 Å². The summed E-state index contributed by atoms with van der Waals surface area (Å²) >= 11 is 0. The molecule has 1 heterocycles. The number of aliphatic hydroxyl groups excluding tert-OH is 2. The summed E-state index contributed by atoms with van der Waals surface area (Å²) in [6.45, 7) is 0.868. The second-order valence-electron chi connectivity index (χ2n) is 7.24. The van der Waals surface area contributed by atoms with Crippen molar-refractivity contribution < 1.29 is 10.2 Å². The van der Waals surface area contributed by atoms with Crippen LogP contribution in [0.25, 0.3) is 0 Å². The first kappa shape index (κ1) is 11.7. The van der Waals surface area contributed by atoms with Gasteiger partial charge in [0.2, 0.25) is 0 Å². The second-order valence-corrected chi connectivity index (χ2v) is 7.24. The molecule has 0 radical (unpaired) electrons. The zero-order valence-corrected chi connectivity index (χ0v) is 11.5. The summed E-state index contributed by atoms with van der Waals surface area (Å²) in [5.74, 6) is 2.03. The van der Waals surface area contributed by atoms with Crippen LogP contribution in [0.5, 0.6) is 0 Å². The first-order valence-corrected chi connectivity index (χ1v) is 7.91. The number of rotatable bonds is 2. The first-order chi connectivity index (χ1) is 9.75. The lowest BCUT2D eigenvalue weighted by atomic mass is 9.75. The number of nitrogens with zero attached hydrogens (tertiary/aromatic N) is 1. The molecule has 106 valence electrons. The molecular formula is C17H21NO2. The molecule has 4 fully saturated rings. The molecule has 4 bridgehead atoms. The number of fused-ring (bicyclic) bond motifs is 3. The van der Waals surface area contributed by atoms with Crippen molar-refractivity contribution in [3.8, 4) is 0 Å². The molecule has 3 nitrogen and oxygen atoms in total. The fourth-order valence-corrected chi connectivity index (χ4v) is 6.04. The van der Waals surface area contributed by atoms with Gasteiger partial charge in [-0.1, -0.05) is 30.3 Å². The molecule has 1 saturated heterocycles. The van der Waals surface area contributed by atoms with Crippen LogP contribution in [-0.2, 0) is 6.54 Å². The van der Waals surface area contributed by atoms with Crippen LogP contribution in [0.1, 0.15) is 18.4 Å². The summed E-state index contributed by atoms with van der Waals surface area (Å²) < 4.78 is 0. The molecule has 0 unspecified atom stereocenters. The highest BCUT2D eigenvalue weighted by molar-refractivity contribution is 5.23. The molecule has 0 amide bonds. The van der Waals surface area contributed by atoms with E-state index in [1.54, 1.807) is 0 Å². The number of piperidine rings is 1. The smallest absolute Gasteiger partial charge is 0.0729 e. The summed E-state index contributed by atoms with van der Waals surface area (Å²) in [5, 5.41) is 21.3. The predicted molar refractivity (Wildman–Crippen MR) is 74.8 cm³/mol. The quantitative estimate of drug-likeness (QED) is 0.851. The Balaban J connectivity index is 1.53. The molecule has 2 N–H and O–H groups in total. The zero-order chi connectivity index (χ0) is 13.4. The van der Waals surface area contributed by atoms with E-state index in [1.807, 2.05) is 6.07 Å². The molecule has 1 aliphatic heterocycles. The molecule has 1 aromatic rings. The first-order valence-electron chi connectivity index (χ1n) is 7.91. The van der Waals surface area contributed by atoms with Crippen molar-refractivity contribution in [3.63, 3.8) is 0 Å². The van der Waals surface area contributed by atoms with Gasteiger partial charge in [0, 0.05) is 18.6 Å². The number of likely N-dealkylation sites (tertiary alicyclic amines) is 1. The minimum Gasteiger partial charge on any atom is -0.391 e. The van der Waals surface area contributed by atoms with Crippen molar-refractivity contribution in [1.82, 2.24) is 4.90 Å². The van der Waals surface area contributed by atoms with Gasteiger partial charge in [-0.3, -0.25) is 4.90 Å². The van der Waals surface area contributed by atoms with Crippen molar-refractivity contribution in [1.29, 1.82) is 0 Å². The molecular weight excluding hydrogens is 250 g/mol. The molecule has 5 rings (SSSR count). The van der Waals surface area contributed by atoms with Crippen LogP contribution < -0.4 is 0 Å². The van der Waals surface area contributed by atoms with E-state index >= 15 is 0 Å². The molecule has 3 saturated carbocycles. The van der Waals surface area contributed by atoms with Crippen molar-refractivity contribution in [2.24, 2.45) is 23.7 Å². The fraction of sp³-hybridized carbons (Fsp3) is 0.647. The van der Waals surface area contributed by atoms with E-state index in [9.17, 15) is 10.2 Å². The van der Waals surface area contributed by atoms with Gasteiger partial charge >= 0.3 is 0 Å². The van der Waals surface area contributed by atoms with Gasteiger partial charge in [0.1, 0.15) is 0 Å². The molecule has 4 aliphatic rings. The Labute approximate surface area is 119 Å². The van der Waals surface area contributed by atoms with Crippen LogP contribution in [0, 0.1) is 23.7 Å². The van der Waals surface area contributed by atoms with E-state index < -0.39 is 0 Å². The van der Waals surface area contributed by atoms with Crippen molar-refractivity contribution in [2.75, 3.05) is 0 Å².